The summed E-state index contributed by atoms with van der Waals surface area (Å²) >= 11 is 5.84. The molecule has 0 spiro atoms. The van der Waals surface area contributed by atoms with Gasteiger partial charge >= 0.3 is 0 Å². The van der Waals surface area contributed by atoms with Crippen molar-refractivity contribution in [3.05, 3.63) is 41.0 Å². The van der Waals surface area contributed by atoms with E-state index in [4.69, 9.17) is 17.3 Å². The number of rotatable bonds is 4. The summed E-state index contributed by atoms with van der Waals surface area (Å²) in [5.74, 6) is 0.100. The van der Waals surface area contributed by atoms with Crippen molar-refractivity contribution in [2.45, 2.75) is 13.1 Å². The molecule has 0 aliphatic carbocycles. The maximum atomic E-state index is 11.6. The van der Waals surface area contributed by atoms with Gasteiger partial charge in [-0.1, -0.05) is 23.7 Å². The Labute approximate surface area is 109 Å². The van der Waals surface area contributed by atoms with Gasteiger partial charge in [-0.2, -0.15) is 9.90 Å². The molecule has 1 heterocycles. The van der Waals surface area contributed by atoms with Gasteiger partial charge in [-0.15, -0.1) is 5.10 Å². The molecule has 18 heavy (non-hydrogen) atoms. The van der Waals surface area contributed by atoms with Crippen LogP contribution in [0.2, 0.25) is 5.02 Å². The third-order valence-corrected chi connectivity index (χ3v) is 2.45. The molecule has 0 aliphatic rings. The monoisotopic (exact) mass is 265 g/mol. The number of carbonyl (C=O) groups excluding carboxylic acids is 1. The van der Waals surface area contributed by atoms with Gasteiger partial charge in [-0.25, -0.2) is 0 Å². The summed E-state index contributed by atoms with van der Waals surface area (Å²) in [6, 6.07) is 7.30. The normalized spacial score (nSPS) is 10.3. The number of benzene rings is 1. The van der Waals surface area contributed by atoms with Crippen LogP contribution in [0, 0.1) is 0 Å². The topological polar surface area (TPSA) is 85.8 Å². The number of hydrogen-bond donors (Lipinski definition) is 2. The number of nitrogen functional groups attached to an aromatic ring is 1. The average molecular weight is 266 g/mol. The minimum absolute atomic E-state index is 0.0395. The van der Waals surface area contributed by atoms with E-state index in [0.717, 1.165) is 5.56 Å². The molecule has 0 atom stereocenters. The molecule has 2 rings (SSSR count). The molecule has 0 aliphatic heterocycles. The molecule has 3 N–H and O–H groups in total. The molecule has 0 unspecified atom stereocenters. The van der Waals surface area contributed by atoms with Crippen LogP contribution in [0.4, 0.5) is 5.82 Å². The molecule has 1 aromatic heterocycles. The van der Waals surface area contributed by atoms with E-state index in [1.54, 1.807) is 12.1 Å². The predicted molar refractivity (Wildman–Crippen MR) is 67.7 cm³/mol. The lowest BCUT2D eigenvalue weighted by Crippen LogP contribution is -2.28. The Morgan fingerprint density at radius 1 is 1.50 bits per heavy atom. The van der Waals surface area contributed by atoms with Crippen LogP contribution < -0.4 is 11.1 Å². The van der Waals surface area contributed by atoms with Crippen molar-refractivity contribution < 1.29 is 4.79 Å². The summed E-state index contributed by atoms with van der Waals surface area (Å²) < 4.78 is 0. The lowest BCUT2D eigenvalue weighted by atomic mass is 10.2. The van der Waals surface area contributed by atoms with E-state index in [-0.39, 0.29) is 18.3 Å². The minimum atomic E-state index is -0.189. The van der Waals surface area contributed by atoms with Crippen LogP contribution >= 0.6 is 11.6 Å². The molecule has 0 saturated carbocycles. The highest BCUT2D eigenvalue weighted by Crippen LogP contribution is 2.10. The Morgan fingerprint density at radius 3 is 3.00 bits per heavy atom. The zero-order chi connectivity index (χ0) is 13.0. The van der Waals surface area contributed by atoms with Crippen molar-refractivity contribution in [2.75, 3.05) is 5.73 Å². The first-order chi connectivity index (χ1) is 8.63. The minimum Gasteiger partial charge on any atom is -0.381 e. The second kappa shape index (κ2) is 5.50. The quantitative estimate of drug-likeness (QED) is 0.857. The molecule has 0 bridgehead atoms. The molecule has 7 heteroatoms. The van der Waals surface area contributed by atoms with E-state index >= 15 is 0 Å². The van der Waals surface area contributed by atoms with Crippen LogP contribution in [-0.4, -0.2) is 20.9 Å². The number of aromatic nitrogens is 3. The number of nitrogens with zero attached hydrogens (tertiary/aromatic N) is 3. The highest BCUT2D eigenvalue weighted by molar-refractivity contribution is 6.30. The number of carbonyl (C=O) groups is 1. The van der Waals surface area contributed by atoms with Gasteiger partial charge in [0.15, 0.2) is 5.82 Å². The third-order valence-electron chi connectivity index (χ3n) is 2.22. The van der Waals surface area contributed by atoms with Gasteiger partial charge in [-0.3, -0.25) is 4.79 Å². The summed E-state index contributed by atoms with van der Waals surface area (Å²) in [6.45, 7) is 0.452. The van der Waals surface area contributed by atoms with Gasteiger partial charge in [-0.05, 0) is 17.7 Å². The Hall–Kier alpha value is -2.08. The van der Waals surface area contributed by atoms with Crippen molar-refractivity contribution in [1.82, 2.24) is 20.3 Å². The second-order valence-electron chi connectivity index (χ2n) is 3.71. The summed E-state index contributed by atoms with van der Waals surface area (Å²) in [5, 5.41) is 11.0. The lowest BCUT2D eigenvalue weighted by Gasteiger charge is -2.05. The Balaban J connectivity index is 1.85. The first kappa shape index (κ1) is 12.4. The smallest absolute Gasteiger partial charge is 0.243 e. The average Bonchev–Trinajstić information content (AvgIpc) is 2.72. The van der Waals surface area contributed by atoms with E-state index in [1.807, 2.05) is 12.1 Å². The van der Waals surface area contributed by atoms with Crippen molar-refractivity contribution in [2.24, 2.45) is 0 Å². The third kappa shape index (κ3) is 3.46. The molecule has 0 saturated heterocycles. The number of nitrogens with two attached hydrogens (primary N) is 1. The second-order valence-corrected chi connectivity index (χ2v) is 4.14. The first-order valence-electron chi connectivity index (χ1n) is 5.30. The van der Waals surface area contributed by atoms with Gasteiger partial charge in [0.05, 0.1) is 6.20 Å². The number of hydrogen-bond acceptors (Lipinski definition) is 4. The van der Waals surface area contributed by atoms with Gasteiger partial charge in [0, 0.05) is 11.6 Å². The number of anilines is 1. The predicted octanol–water partition coefficient (Wildman–Crippen LogP) is 0.830. The summed E-state index contributed by atoms with van der Waals surface area (Å²) in [7, 11) is 0. The number of halogens is 1. The zero-order valence-corrected chi connectivity index (χ0v) is 10.3. The van der Waals surface area contributed by atoms with Crippen LogP contribution in [-0.2, 0) is 17.9 Å². The highest BCUT2D eigenvalue weighted by atomic mass is 35.5. The first-order valence-corrected chi connectivity index (χ1v) is 5.68. The van der Waals surface area contributed by atoms with Crippen molar-refractivity contribution in [3.63, 3.8) is 0 Å². The van der Waals surface area contributed by atoms with Gasteiger partial charge in [0.25, 0.3) is 0 Å². The Kier molecular flexibility index (Phi) is 3.78. The maximum absolute atomic E-state index is 11.6. The zero-order valence-electron chi connectivity index (χ0n) is 9.51. The molecule has 0 fully saturated rings. The van der Waals surface area contributed by atoms with E-state index in [9.17, 15) is 4.79 Å². The van der Waals surface area contributed by atoms with Crippen LogP contribution in [0.3, 0.4) is 0 Å². The standard InChI is InChI=1S/C11H12ClN5O/c12-9-3-1-2-8(4-9)5-14-11(18)7-17-15-6-10(13)16-17/h1-4,6H,5,7H2,(H2,13,16)(H,14,18). The molecule has 6 nitrogen and oxygen atoms in total. The highest BCUT2D eigenvalue weighted by Gasteiger charge is 2.05. The molecular formula is C11H12ClN5O. The fourth-order valence-electron chi connectivity index (χ4n) is 1.42. The van der Waals surface area contributed by atoms with Gasteiger partial charge < -0.3 is 11.1 Å². The molecule has 94 valence electrons. The maximum Gasteiger partial charge on any atom is 0.243 e. The molecule has 1 aromatic carbocycles. The van der Waals surface area contributed by atoms with Crippen LogP contribution in [0.1, 0.15) is 5.56 Å². The van der Waals surface area contributed by atoms with E-state index in [2.05, 4.69) is 15.5 Å². The summed E-state index contributed by atoms with van der Waals surface area (Å²) in [6.07, 6.45) is 1.39. The van der Waals surface area contributed by atoms with E-state index in [1.165, 1.54) is 11.0 Å². The van der Waals surface area contributed by atoms with E-state index in [0.29, 0.717) is 11.6 Å². The van der Waals surface area contributed by atoms with E-state index < -0.39 is 0 Å². The van der Waals surface area contributed by atoms with Crippen molar-refractivity contribution in [1.29, 1.82) is 0 Å². The Morgan fingerprint density at radius 2 is 2.33 bits per heavy atom. The fraction of sp³-hybridized carbons (Fsp3) is 0.182. The number of amides is 1. The molecule has 1 amide bonds. The summed E-state index contributed by atoms with van der Waals surface area (Å²) in [4.78, 5) is 12.8. The molecule has 2 aromatic rings. The summed E-state index contributed by atoms with van der Waals surface area (Å²) in [5.41, 5.74) is 6.33. The largest absolute Gasteiger partial charge is 0.381 e. The van der Waals surface area contributed by atoms with Crippen LogP contribution in [0.25, 0.3) is 0 Å². The number of nitrogens with one attached hydrogen (secondary N) is 1. The Bertz CT molecular complexity index is 554. The van der Waals surface area contributed by atoms with Crippen molar-refractivity contribution in [3.8, 4) is 0 Å². The lowest BCUT2D eigenvalue weighted by molar-refractivity contribution is -0.122. The molecule has 0 radical (unpaired) electrons. The van der Waals surface area contributed by atoms with Crippen LogP contribution in [0.15, 0.2) is 30.5 Å². The molecular weight excluding hydrogens is 254 g/mol. The van der Waals surface area contributed by atoms with Gasteiger partial charge in [0.2, 0.25) is 5.91 Å². The van der Waals surface area contributed by atoms with Gasteiger partial charge in [0.1, 0.15) is 6.54 Å². The fourth-order valence-corrected chi connectivity index (χ4v) is 1.63. The van der Waals surface area contributed by atoms with Crippen molar-refractivity contribution >= 4 is 23.3 Å². The SMILES string of the molecule is Nc1cnn(CC(=O)NCc2cccc(Cl)c2)n1. The van der Waals surface area contributed by atoms with Crippen LogP contribution in [0.5, 0.6) is 0 Å².